The van der Waals surface area contributed by atoms with Gasteiger partial charge in [-0.2, -0.15) is 47.9 Å². The number of piperazine rings is 2. The topological polar surface area (TPSA) is 328 Å². The number of alkyl halides is 9. The van der Waals surface area contributed by atoms with E-state index in [1.54, 1.807) is 67.0 Å². The van der Waals surface area contributed by atoms with Crippen molar-refractivity contribution in [2.75, 3.05) is 111 Å². The highest BCUT2D eigenvalue weighted by Crippen LogP contribution is 2.44. The quantitative estimate of drug-likeness (QED) is 0.0250. The molecule has 2 unspecified atom stereocenters. The van der Waals surface area contributed by atoms with E-state index in [9.17, 15) is 104 Å². The summed E-state index contributed by atoms with van der Waals surface area (Å²) in [5.74, 6) is -5.86. The van der Waals surface area contributed by atoms with Gasteiger partial charge in [0.15, 0.2) is 23.3 Å². The zero-order valence-corrected chi connectivity index (χ0v) is 82.5. The summed E-state index contributed by atoms with van der Waals surface area (Å²) in [6, 6.07) is 27.1. The largest absolute Gasteiger partial charge is 0.534 e. The van der Waals surface area contributed by atoms with Crippen LogP contribution in [0.2, 0.25) is 0 Å². The molecule has 2 atom stereocenters. The number of benzene rings is 5. The van der Waals surface area contributed by atoms with E-state index >= 15 is 4.39 Å². The van der Waals surface area contributed by atoms with Crippen LogP contribution in [0.3, 0.4) is 0 Å². The lowest BCUT2D eigenvalue weighted by molar-refractivity contribution is -0.137. The summed E-state index contributed by atoms with van der Waals surface area (Å²) in [4.78, 5) is 136. The number of pyridine rings is 5. The second-order valence-electron chi connectivity index (χ2n) is 38.7. The number of amides is 8. The lowest BCUT2D eigenvalue weighted by Gasteiger charge is -2.38. The average Bonchev–Trinajstić information content (AvgIpc) is 1.61. The van der Waals surface area contributed by atoms with Crippen LogP contribution in [0.15, 0.2) is 157 Å². The molecule has 9 aliphatic heterocycles. The third-order valence-electron chi connectivity index (χ3n) is 29.2. The Kier molecular flexibility index (Phi) is 28.7. The lowest BCUT2D eigenvalue weighted by Crippen LogP contribution is -2.54. The molecule has 0 radical (unpaired) electrons. The fraction of sp³-hybridized carbons (Fsp3) is 0.376. The maximum Gasteiger partial charge on any atom is 0.534 e. The van der Waals surface area contributed by atoms with E-state index in [1.165, 1.54) is 30.3 Å². The number of nitrogens with one attached hydrogen (secondary N) is 2. The van der Waals surface area contributed by atoms with Gasteiger partial charge in [-0.3, -0.25) is 82.3 Å². The van der Waals surface area contributed by atoms with Gasteiger partial charge in [-0.25, -0.2) is 46.9 Å². The fourth-order valence-corrected chi connectivity index (χ4v) is 21.4. The van der Waals surface area contributed by atoms with Gasteiger partial charge in [0.05, 0.1) is 68.6 Å². The molecule has 0 aliphatic carbocycles. The van der Waals surface area contributed by atoms with Crippen LogP contribution in [-0.4, -0.2) is 241 Å². The van der Waals surface area contributed by atoms with Crippen LogP contribution in [0.25, 0.3) is 76.9 Å². The molecule has 7 saturated heterocycles. The van der Waals surface area contributed by atoms with E-state index in [4.69, 9.17) is 9.31 Å². The molecule has 0 bridgehead atoms. The minimum atomic E-state index is -5.96. The number of rotatable bonds is 19. The van der Waals surface area contributed by atoms with Gasteiger partial charge in [-0.1, -0.05) is 24.3 Å². The van der Waals surface area contributed by atoms with Gasteiger partial charge in [0.1, 0.15) is 52.2 Å². The minimum Gasteiger partial charge on any atom is -0.399 e. The number of piperidine rings is 4. The number of hydrogen-bond donors (Lipinski definition) is 2. The molecule has 22 rings (SSSR count). The molecule has 17 heterocycles. The van der Waals surface area contributed by atoms with Crippen molar-refractivity contribution in [3.8, 4) is 16.9 Å². The van der Waals surface area contributed by atoms with E-state index in [0.29, 0.717) is 95.9 Å². The van der Waals surface area contributed by atoms with Crippen LogP contribution in [0.1, 0.15) is 153 Å². The van der Waals surface area contributed by atoms with Crippen LogP contribution in [0.4, 0.5) is 84.5 Å². The van der Waals surface area contributed by atoms with E-state index in [0.717, 1.165) is 178 Å². The van der Waals surface area contributed by atoms with E-state index in [-0.39, 0.29) is 104 Å². The highest BCUT2D eigenvalue weighted by Gasteiger charge is 2.53. The van der Waals surface area contributed by atoms with Crippen molar-refractivity contribution in [1.82, 2.24) is 68.9 Å². The van der Waals surface area contributed by atoms with Gasteiger partial charge in [0.2, 0.25) is 23.6 Å². The molecule has 8 aromatic heterocycles. The molecular formula is C101H94BBrF14N18O13S. The molecule has 48 heteroatoms. The summed E-state index contributed by atoms with van der Waals surface area (Å²) >= 11 is 3.26. The number of carbonyl (C=O) groups excluding carboxylic acids is 8. The monoisotopic (exact) mass is 2150 g/mol. The molecule has 8 amide bonds. The minimum absolute atomic E-state index is 0.0134. The third kappa shape index (κ3) is 20.6. The zero-order chi connectivity index (χ0) is 106. The molecular weight excluding hydrogens is 2060 g/mol. The highest BCUT2D eigenvalue weighted by molar-refractivity contribution is 9.10. The Balaban J connectivity index is 0.000000132. The smallest absolute Gasteiger partial charge is 0.399 e. The van der Waals surface area contributed by atoms with E-state index < -0.39 is 136 Å². The standard InChI is InChI=1S/C41H38F4N8O4.C29H32BrFN6O4.C18H18BF3N2O2.C13H6F6N2O3S/c42-26-19-30-28-3-1-24(18-34(28)52(41(44)45)36(30)47-22-26)25-17-32(43)37(46-21-25)51-11-8-23(9-12-51)7-10-49-13-15-50(16-14-49)27-2-4-29-31(20-27)40(57)53(39(29)56)33-5-6-35(54)48-38(33)55;30-19-15-23(31)26(32-17-19)36-9-6-18(7-10-36)5-8-34-11-13-35(14-12-34)20-1-2-21-22(16-20)29(41)37(28(21)40)24-3-4-25(38)33-27(24)39;1-17(2)18(3,4)26-19(25-17)10-5-6-12-13-8-11(20)9-23-15(13)24(16(21)22)14(12)7-10;14-6-3-9-8-2-1-7(24-25(22,23)13(17,18)19)4-10(8)21(12(15)16)11(9)20-5-6/h1-4,17-23,33,41H,5-16H2,(H,48,54,55);1-2,15-18,24H,3-14H2,(H,33,38,39);5-9,16H,1-4H3;1-5,12H. The second kappa shape index (κ2) is 41.2. The Labute approximate surface area is 849 Å². The summed E-state index contributed by atoms with van der Waals surface area (Å²) in [5, 5.41) is 6.03. The highest BCUT2D eigenvalue weighted by atomic mass is 79.9. The summed E-state index contributed by atoms with van der Waals surface area (Å²) < 4.78 is 230. The van der Waals surface area contributed by atoms with Crippen LogP contribution >= 0.6 is 15.9 Å². The molecule has 7 fully saturated rings. The Hall–Kier alpha value is -13.8. The van der Waals surface area contributed by atoms with E-state index in [1.807, 2.05) is 49.6 Å². The predicted molar refractivity (Wildman–Crippen MR) is 524 cm³/mol. The molecule has 0 saturated carbocycles. The molecule has 5 aromatic carbocycles. The van der Waals surface area contributed by atoms with Gasteiger partial charge in [0.25, 0.3) is 23.6 Å². The van der Waals surface area contributed by atoms with Crippen LogP contribution in [0.5, 0.6) is 5.75 Å². The first-order chi connectivity index (χ1) is 70.9. The van der Waals surface area contributed by atoms with Gasteiger partial charge < -0.3 is 33.1 Å². The van der Waals surface area contributed by atoms with Gasteiger partial charge in [0, 0.05) is 164 Å². The van der Waals surface area contributed by atoms with Crippen molar-refractivity contribution in [1.29, 1.82) is 0 Å². The Morgan fingerprint density at radius 1 is 0.430 bits per heavy atom. The van der Waals surface area contributed by atoms with Crippen molar-refractivity contribution in [3.05, 3.63) is 208 Å². The fourth-order valence-electron chi connectivity index (χ4n) is 20.6. The Morgan fingerprint density at radius 3 is 1.23 bits per heavy atom. The van der Waals surface area contributed by atoms with Crippen LogP contribution < -0.4 is 39.9 Å². The number of fused-ring (bicyclic) bond motifs is 11. The number of halogens is 15. The first kappa shape index (κ1) is 104. The maximum atomic E-state index is 15.6. The normalized spacial score (nSPS) is 19.2. The van der Waals surface area contributed by atoms with Crippen molar-refractivity contribution < 1.29 is 122 Å². The molecule has 9 aliphatic rings. The lowest BCUT2D eigenvalue weighted by atomic mass is 9.79. The zero-order valence-electron chi connectivity index (χ0n) is 80.1. The predicted octanol–water partition coefficient (Wildman–Crippen LogP) is 16.5. The number of nitrogens with zero attached hydrogens (tertiary/aromatic N) is 16. The van der Waals surface area contributed by atoms with E-state index in [2.05, 4.69) is 75.3 Å². The van der Waals surface area contributed by atoms with Crippen molar-refractivity contribution in [2.45, 2.75) is 140 Å². The second-order valence-corrected chi connectivity index (χ2v) is 41.2. The molecule has 31 nitrogen and oxygen atoms in total. The summed E-state index contributed by atoms with van der Waals surface area (Å²) in [7, 11) is -6.63. The average molecular weight is 2160 g/mol. The Morgan fingerprint density at radius 2 is 0.826 bits per heavy atom. The first-order valence-electron chi connectivity index (χ1n) is 48.0. The first-order valence-corrected chi connectivity index (χ1v) is 50.2. The number of imide groups is 4. The van der Waals surface area contributed by atoms with Crippen molar-refractivity contribution in [2.24, 2.45) is 11.8 Å². The molecule has 149 heavy (non-hydrogen) atoms. The molecule has 13 aromatic rings. The van der Waals surface area contributed by atoms with Gasteiger partial charge in [-0.15, -0.1) is 0 Å². The maximum absolute atomic E-state index is 15.6. The van der Waals surface area contributed by atoms with Gasteiger partial charge >= 0.3 is 42.4 Å². The van der Waals surface area contributed by atoms with Crippen LogP contribution in [0, 0.1) is 40.9 Å². The van der Waals surface area contributed by atoms with Gasteiger partial charge in [-0.05, 0) is 222 Å². The molecule has 780 valence electrons. The third-order valence-corrected chi connectivity index (χ3v) is 30.6. The van der Waals surface area contributed by atoms with Crippen LogP contribution in [-0.2, 0) is 38.6 Å². The van der Waals surface area contributed by atoms with Crippen molar-refractivity contribution in [3.63, 3.8) is 0 Å². The molecule has 0 spiro atoms. The number of anilines is 4. The summed E-state index contributed by atoms with van der Waals surface area (Å²) in [6.07, 6.45) is 12.1. The molecule has 2 N–H and O–H groups in total. The number of aromatic nitrogens is 8. The van der Waals surface area contributed by atoms with Crippen molar-refractivity contribution >= 4 is 175 Å². The summed E-state index contributed by atoms with van der Waals surface area (Å²) in [6.45, 7) is 10.3. The Bertz CT molecular complexity index is 7650. The number of carbonyl (C=O) groups is 8. The number of hydrogen-bond acceptors (Lipinski definition) is 24. The summed E-state index contributed by atoms with van der Waals surface area (Å²) in [5.41, 5.74) is -2.54. The SMILES string of the molecule is CC1(C)OB(c2ccc3c4cc(F)cnc4n(C(F)F)c3c2)OC1(C)C.O=C1CCC(N2C(=O)c3ccc(N4CCN(CCC5CCN(c6ncc(-c7ccc8c9cc(F)cnc9n(C(F)F)c8c7)cc6F)CC5)CC4)cc3C2=O)C(=O)N1.O=C1CCC(N2C(=O)c3ccc(N4CCN(CCC5CCN(c6ncc(Br)cc6F)CC5)CC4)cc3C2=O)C(=O)N1.O=S(=O)(Oc1ccc2c3cc(F)cnc3n(C(F)F)c2c1)C(F)(F)F.